The molecule has 3 atom stereocenters. The number of benzene rings is 1. The molecule has 0 spiro atoms. The number of nitrogens with zero attached hydrogens (tertiary/aromatic N) is 1. The zero-order valence-electron chi connectivity index (χ0n) is 14.1. The average molecular weight is 310 g/mol. The van der Waals surface area contributed by atoms with E-state index < -0.39 is 0 Å². The van der Waals surface area contributed by atoms with Crippen molar-refractivity contribution < 1.29 is 4.74 Å². The zero-order valence-corrected chi connectivity index (χ0v) is 14.1. The molecule has 3 heterocycles. The molecule has 2 aliphatic heterocycles. The van der Waals surface area contributed by atoms with Crippen LogP contribution < -0.4 is 0 Å². The molecular formula is C20H26N2O. The van der Waals surface area contributed by atoms with Crippen LogP contribution in [0.2, 0.25) is 0 Å². The summed E-state index contributed by atoms with van der Waals surface area (Å²) in [5, 5.41) is 1.37. The van der Waals surface area contributed by atoms with E-state index in [4.69, 9.17) is 4.74 Å². The number of hydrogen-bond donors (Lipinski definition) is 1. The van der Waals surface area contributed by atoms with Gasteiger partial charge < -0.3 is 9.72 Å². The van der Waals surface area contributed by atoms with Gasteiger partial charge in [0.2, 0.25) is 0 Å². The molecule has 2 aliphatic rings. The third-order valence-corrected chi connectivity index (χ3v) is 5.49. The van der Waals surface area contributed by atoms with E-state index in [0.717, 1.165) is 25.9 Å². The fourth-order valence-electron chi connectivity index (χ4n) is 4.31. The number of H-pyrrole nitrogens is 1. The van der Waals surface area contributed by atoms with Crippen molar-refractivity contribution in [1.29, 1.82) is 0 Å². The van der Waals surface area contributed by atoms with Gasteiger partial charge in [-0.1, -0.05) is 36.8 Å². The Labute approximate surface area is 138 Å². The standard InChI is InChI=1S/C20H26N2O/c1-3-14-10-15-11-19(23-2)20-17(8-9-22(12-14)13-15)16-6-4-5-7-18(16)21-20/h4-7,10,15,19,21H,3,8-9,11-13H2,1-2H3/t15-,19-/m0/s1. The smallest absolute Gasteiger partial charge is 0.0977 e. The van der Waals surface area contributed by atoms with E-state index in [2.05, 4.69) is 47.1 Å². The fraction of sp³-hybridized carbons (Fsp3) is 0.500. The Bertz CT molecular complexity index is 730. The van der Waals surface area contributed by atoms with Crippen molar-refractivity contribution in [1.82, 2.24) is 9.88 Å². The van der Waals surface area contributed by atoms with Gasteiger partial charge in [-0.25, -0.2) is 0 Å². The Balaban J connectivity index is 1.77. The first-order valence-corrected chi connectivity index (χ1v) is 8.82. The molecule has 0 radical (unpaired) electrons. The molecule has 2 bridgehead atoms. The van der Waals surface area contributed by atoms with Gasteiger partial charge in [-0.2, -0.15) is 0 Å². The SMILES string of the molecule is CCC1=C[C@H]2C[C@H](OC)c3[nH]c4ccccc4c3CCN(C1)C2. The number of rotatable bonds is 2. The monoisotopic (exact) mass is 310 g/mol. The molecule has 3 nitrogen and oxygen atoms in total. The van der Waals surface area contributed by atoms with E-state index in [1.165, 1.54) is 35.1 Å². The number of para-hydroxylation sites is 1. The predicted molar refractivity (Wildman–Crippen MR) is 94.7 cm³/mol. The van der Waals surface area contributed by atoms with E-state index in [0.29, 0.717) is 5.92 Å². The second-order valence-electron chi connectivity index (χ2n) is 6.95. The van der Waals surface area contributed by atoms with E-state index in [9.17, 15) is 0 Å². The summed E-state index contributed by atoms with van der Waals surface area (Å²) in [4.78, 5) is 6.29. The second-order valence-corrected chi connectivity index (χ2v) is 6.95. The molecule has 0 saturated heterocycles. The molecule has 23 heavy (non-hydrogen) atoms. The second kappa shape index (κ2) is 6.14. The first kappa shape index (κ1) is 15.0. The first-order valence-electron chi connectivity index (χ1n) is 8.82. The number of nitrogens with one attached hydrogen (secondary N) is 1. The van der Waals surface area contributed by atoms with Gasteiger partial charge in [0.1, 0.15) is 0 Å². The molecule has 122 valence electrons. The Morgan fingerprint density at radius 1 is 1.30 bits per heavy atom. The lowest BCUT2D eigenvalue weighted by Gasteiger charge is -2.32. The molecule has 0 amide bonds. The summed E-state index contributed by atoms with van der Waals surface area (Å²) in [6.45, 7) is 5.73. The summed E-state index contributed by atoms with van der Waals surface area (Å²) in [5.74, 6) is 0.598. The van der Waals surface area contributed by atoms with Gasteiger partial charge in [0.05, 0.1) is 6.10 Å². The predicted octanol–water partition coefficient (Wildman–Crippen LogP) is 4.07. The number of fused-ring (bicyclic) bond motifs is 5. The normalized spacial score (nSPS) is 27.7. The lowest BCUT2D eigenvalue weighted by Crippen LogP contribution is -2.36. The average Bonchev–Trinajstić information content (AvgIpc) is 2.96. The summed E-state index contributed by atoms with van der Waals surface area (Å²) in [6.07, 6.45) is 6.00. The number of ether oxygens (including phenoxy) is 1. The van der Waals surface area contributed by atoms with Crippen LogP contribution in [0.4, 0.5) is 0 Å². The topological polar surface area (TPSA) is 28.3 Å². The lowest BCUT2D eigenvalue weighted by atomic mass is 9.92. The highest BCUT2D eigenvalue weighted by Gasteiger charge is 2.28. The van der Waals surface area contributed by atoms with Gasteiger partial charge in [-0.15, -0.1) is 0 Å². The minimum absolute atomic E-state index is 0.162. The first-order chi connectivity index (χ1) is 11.3. The van der Waals surface area contributed by atoms with Gasteiger partial charge in [-0.05, 0) is 36.8 Å². The van der Waals surface area contributed by atoms with Crippen LogP contribution in [0.1, 0.15) is 37.1 Å². The van der Waals surface area contributed by atoms with Crippen molar-refractivity contribution in [3.63, 3.8) is 0 Å². The Morgan fingerprint density at radius 2 is 2.17 bits per heavy atom. The molecule has 1 unspecified atom stereocenters. The van der Waals surface area contributed by atoms with Crippen LogP contribution in [0, 0.1) is 5.92 Å². The maximum absolute atomic E-state index is 5.92. The number of aromatic amines is 1. The Morgan fingerprint density at radius 3 is 3.00 bits per heavy atom. The maximum Gasteiger partial charge on any atom is 0.0977 e. The van der Waals surface area contributed by atoms with Gasteiger partial charge in [0.25, 0.3) is 0 Å². The van der Waals surface area contributed by atoms with Crippen molar-refractivity contribution in [2.75, 3.05) is 26.7 Å². The van der Waals surface area contributed by atoms with Crippen molar-refractivity contribution in [3.8, 4) is 0 Å². The molecule has 2 aromatic rings. The third-order valence-electron chi connectivity index (χ3n) is 5.49. The van der Waals surface area contributed by atoms with Crippen molar-refractivity contribution in [2.45, 2.75) is 32.3 Å². The van der Waals surface area contributed by atoms with Crippen LogP contribution in [0.5, 0.6) is 0 Å². The molecule has 1 aromatic carbocycles. The van der Waals surface area contributed by atoms with Crippen LogP contribution in [-0.2, 0) is 11.2 Å². The molecule has 3 heteroatoms. The molecule has 1 aromatic heterocycles. The van der Waals surface area contributed by atoms with Crippen molar-refractivity contribution in [3.05, 3.63) is 47.2 Å². The quantitative estimate of drug-likeness (QED) is 0.847. The Kier molecular flexibility index (Phi) is 4.00. The molecule has 0 fully saturated rings. The Hall–Kier alpha value is -1.58. The summed E-state index contributed by atoms with van der Waals surface area (Å²) in [6, 6.07) is 8.67. The molecule has 4 rings (SSSR count). The van der Waals surface area contributed by atoms with Crippen LogP contribution in [0.15, 0.2) is 35.9 Å². The lowest BCUT2D eigenvalue weighted by molar-refractivity contribution is 0.0771. The maximum atomic E-state index is 5.92. The van der Waals surface area contributed by atoms with E-state index in [1.807, 2.05) is 7.11 Å². The minimum Gasteiger partial charge on any atom is -0.375 e. The highest BCUT2D eigenvalue weighted by Crippen LogP contribution is 2.35. The van der Waals surface area contributed by atoms with Gasteiger partial charge >= 0.3 is 0 Å². The molecule has 1 N–H and O–H groups in total. The van der Waals surface area contributed by atoms with Crippen LogP contribution in [-0.4, -0.2) is 36.6 Å². The summed E-state index contributed by atoms with van der Waals surface area (Å²) >= 11 is 0. The van der Waals surface area contributed by atoms with Crippen LogP contribution in [0.3, 0.4) is 0 Å². The summed E-state index contributed by atoms with van der Waals surface area (Å²) in [5.41, 5.74) is 5.59. The van der Waals surface area contributed by atoms with E-state index >= 15 is 0 Å². The summed E-state index contributed by atoms with van der Waals surface area (Å²) in [7, 11) is 1.85. The van der Waals surface area contributed by atoms with Gasteiger partial charge in [0.15, 0.2) is 0 Å². The van der Waals surface area contributed by atoms with Crippen LogP contribution >= 0.6 is 0 Å². The number of hydrogen-bond acceptors (Lipinski definition) is 2. The minimum atomic E-state index is 0.162. The molecule has 0 aliphatic carbocycles. The number of aromatic nitrogens is 1. The third kappa shape index (κ3) is 2.73. The summed E-state index contributed by atoms with van der Waals surface area (Å²) < 4.78 is 5.92. The van der Waals surface area contributed by atoms with Crippen molar-refractivity contribution in [2.24, 2.45) is 5.92 Å². The highest BCUT2D eigenvalue weighted by molar-refractivity contribution is 5.84. The van der Waals surface area contributed by atoms with Crippen molar-refractivity contribution >= 4 is 10.9 Å². The largest absolute Gasteiger partial charge is 0.375 e. The van der Waals surface area contributed by atoms with E-state index in [-0.39, 0.29) is 6.10 Å². The van der Waals surface area contributed by atoms with E-state index in [1.54, 1.807) is 5.57 Å². The zero-order chi connectivity index (χ0) is 15.8. The molecule has 0 saturated carbocycles. The highest BCUT2D eigenvalue weighted by atomic mass is 16.5. The molecular weight excluding hydrogens is 284 g/mol. The van der Waals surface area contributed by atoms with Gasteiger partial charge in [0, 0.05) is 43.3 Å². The van der Waals surface area contributed by atoms with Crippen LogP contribution in [0.25, 0.3) is 10.9 Å². The number of methoxy groups -OCH3 is 1. The van der Waals surface area contributed by atoms with Gasteiger partial charge in [-0.3, -0.25) is 4.90 Å². The fourth-order valence-corrected chi connectivity index (χ4v) is 4.31.